The Labute approximate surface area is 135 Å². The molecule has 1 aromatic rings. The Morgan fingerprint density at radius 2 is 1.70 bits per heavy atom. The maximum absolute atomic E-state index is 11.8. The second kappa shape index (κ2) is 8.74. The smallest absolute Gasteiger partial charge is 0.312 e. The summed E-state index contributed by atoms with van der Waals surface area (Å²) in [6.45, 7) is 3.83. The zero-order chi connectivity index (χ0) is 17.4. The first kappa shape index (κ1) is 18.4. The van der Waals surface area contributed by atoms with E-state index in [1.165, 1.54) is 0 Å². The molecule has 0 aromatic heterocycles. The van der Waals surface area contributed by atoms with Crippen LogP contribution in [0.1, 0.15) is 19.4 Å². The SMILES string of the molecule is CC(C)[C@H](N)C(=O)NCC(=O)Nc1ccc(CNC(N)=O)cc1. The molecule has 1 rings (SSSR count). The van der Waals surface area contributed by atoms with Crippen molar-refractivity contribution in [3.05, 3.63) is 29.8 Å². The number of primary amides is 1. The molecular weight excluding hydrogens is 298 g/mol. The van der Waals surface area contributed by atoms with Crippen LogP contribution in [0, 0.1) is 5.92 Å². The fraction of sp³-hybridized carbons (Fsp3) is 0.400. The van der Waals surface area contributed by atoms with E-state index in [0.29, 0.717) is 12.2 Å². The standard InChI is InChI=1S/C15H23N5O3/c1-9(2)13(16)14(22)18-8-12(21)20-11-5-3-10(4-6-11)7-19-15(17)23/h3-6,9,13H,7-8,16H2,1-2H3,(H,18,22)(H,20,21)(H3,17,19,23)/t13-/m0/s1. The Kier molecular flexibility index (Phi) is 7.01. The minimum atomic E-state index is -0.639. The Hall–Kier alpha value is -2.61. The molecule has 126 valence electrons. The molecule has 0 saturated heterocycles. The van der Waals surface area contributed by atoms with Gasteiger partial charge in [0, 0.05) is 12.2 Å². The van der Waals surface area contributed by atoms with E-state index in [0.717, 1.165) is 5.56 Å². The van der Waals surface area contributed by atoms with Crippen molar-refractivity contribution in [2.75, 3.05) is 11.9 Å². The minimum Gasteiger partial charge on any atom is -0.352 e. The highest BCUT2D eigenvalue weighted by Gasteiger charge is 2.17. The number of carbonyl (C=O) groups excluding carboxylic acids is 3. The predicted molar refractivity (Wildman–Crippen MR) is 87.3 cm³/mol. The van der Waals surface area contributed by atoms with Crippen molar-refractivity contribution in [3.63, 3.8) is 0 Å². The molecule has 1 aromatic carbocycles. The van der Waals surface area contributed by atoms with Gasteiger partial charge in [0.1, 0.15) is 0 Å². The molecule has 0 spiro atoms. The third-order valence-corrected chi connectivity index (χ3v) is 3.15. The third-order valence-electron chi connectivity index (χ3n) is 3.15. The van der Waals surface area contributed by atoms with Crippen LogP contribution in [0.3, 0.4) is 0 Å². The highest BCUT2D eigenvalue weighted by molar-refractivity contribution is 5.95. The number of carbonyl (C=O) groups is 3. The van der Waals surface area contributed by atoms with Crippen LogP contribution in [-0.2, 0) is 16.1 Å². The summed E-state index contributed by atoms with van der Waals surface area (Å²) in [7, 11) is 0. The molecule has 0 aliphatic carbocycles. The average Bonchev–Trinajstić information content (AvgIpc) is 2.51. The zero-order valence-electron chi connectivity index (χ0n) is 13.3. The van der Waals surface area contributed by atoms with Gasteiger partial charge in [0.2, 0.25) is 11.8 Å². The highest BCUT2D eigenvalue weighted by atomic mass is 16.2. The van der Waals surface area contributed by atoms with Crippen LogP contribution in [0.2, 0.25) is 0 Å². The predicted octanol–water partition coefficient (Wildman–Crippen LogP) is -0.107. The van der Waals surface area contributed by atoms with Gasteiger partial charge in [-0.1, -0.05) is 26.0 Å². The number of nitrogens with one attached hydrogen (secondary N) is 3. The van der Waals surface area contributed by atoms with E-state index in [2.05, 4.69) is 16.0 Å². The first-order valence-corrected chi connectivity index (χ1v) is 7.25. The summed E-state index contributed by atoms with van der Waals surface area (Å²) in [6, 6.07) is 5.64. The maximum atomic E-state index is 11.8. The van der Waals surface area contributed by atoms with Crippen molar-refractivity contribution in [1.29, 1.82) is 0 Å². The van der Waals surface area contributed by atoms with E-state index in [4.69, 9.17) is 11.5 Å². The van der Waals surface area contributed by atoms with E-state index >= 15 is 0 Å². The van der Waals surface area contributed by atoms with Crippen molar-refractivity contribution in [2.24, 2.45) is 17.4 Å². The van der Waals surface area contributed by atoms with Gasteiger partial charge in [-0.3, -0.25) is 9.59 Å². The van der Waals surface area contributed by atoms with Crippen molar-refractivity contribution in [1.82, 2.24) is 10.6 Å². The average molecular weight is 321 g/mol. The number of hydrogen-bond donors (Lipinski definition) is 5. The summed E-state index contributed by atoms with van der Waals surface area (Å²) in [5.41, 5.74) is 12.1. The molecule has 8 heteroatoms. The van der Waals surface area contributed by atoms with E-state index in [1.54, 1.807) is 24.3 Å². The van der Waals surface area contributed by atoms with Crippen molar-refractivity contribution >= 4 is 23.5 Å². The number of urea groups is 1. The van der Waals surface area contributed by atoms with Crippen LogP contribution in [0.25, 0.3) is 0 Å². The van der Waals surface area contributed by atoms with Gasteiger partial charge in [0.25, 0.3) is 0 Å². The molecule has 8 nitrogen and oxygen atoms in total. The van der Waals surface area contributed by atoms with Gasteiger partial charge in [-0.15, -0.1) is 0 Å². The molecule has 7 N–H and O–H groups in total. The summed E-state index contributed by atoms with van der Waals surface area (Å²) >= 11 is 0. The molecule has 4 amide bonds. The van der Waals surface area contributed by atoms with Gasteiger partial charge < -0.3 is 27.4 Å². The molecule has 0 bridgehead atoms. The maximum Gasteiger partial charge on any atom is 0.312 e. The fourth-order valence-electron chi connectivity index (χ4n) is 1.69. The Morgan fingerprint density at radius 1 is 1.09 bits per heavy atom. The van der Waals surface area contributed by atoms with E-state index in [9.17, 15) is 14.4 Å². The summed E-state index contributed by atoms with van der Waals surface area (Å²) < 4.78 is 0. The summed E-state index contributed by atoms with van der Waals surface area (Å²) in [5.74, 6) is -0.708. The van der Waals surface area contributed by atoms with Crippen LogP contribution in [0.15, 0.2) is 24.3 Å². The normalized spacial score (nSPS) is 11.7. The molecule has 0 saturated carbocycles. The monoisotopic (exact) mass is 321 g/mol. The lowest BCUT2D eigenvalue weighted by Crippen LogP contribution is -2.46. The van der Waals surface area contributed by atoms with Gasteiger partial charge in [0.05, 0.1) is 12.6 Å². The number of benzene rings is 1. The number of hydrogen-bond acceptors (Lipinski definition) is 4. The summed E-state index contributed by atoms with van der Waals surface area (Å²) in [5, 5.41) is 7.61. The quantitative estimate of drug-likeness (QED) is 0.478. The first-order chi connectivity index (χ1) is 10.8. The fourth-order valence-corrected chi connectivity index (χ4v) is 1.69. The van der Waals surface area contributed by atoms with Crippen LogP contribution in [-0.4, -0.2) is 30.4 Å². The first-order valence-electron chi connectivity index (χ1n) is 7.25. The van der Waals surface area contributed by atoms with Crippen molar-refractivity contribution in [3.8, 4) is 0 Å². The molecule has 0 unspecified atom stereocenters. The molecule has 0 fully saturated rings. The summed E-state index contributed by atoms with van der Waals surface area (Å²) in [4.78, 5) is 34.0. The molecule has 0 heterocycles. The highest BCUT2D eigenvalue weighted by Crippen LogP contribution is 2.09. The lowest BCUT2D eigenvalue weighted by molar-refractivity contribution is -0.125. The Balaban J connectivity index is 2.42. The van der Waals surface area contributed by atoms with Gasteiger partial charge in [-0.2, -0.15) is 0 Å². The molecular formula is C15H23N5O3. The van der Waals surface area contributed by atoms with E-state index < -0.39 is 12.1 Å². The molecule has 0 aliphatic rings. The Bertz CT molecular complexity index is 557. The van der Waals surface area contributed by atoms with Crippen LogP contribution in [0.4, 0.5) is 10.5 Å². The zero-order valence-corrected chi connectivity index (χ0v) is 13.3. The second-order valence-corrected chi connectivity index (χ2v) is 5.45. The van der Waals surface area contributed by atoms with Gasteiger partial charge in [0.15, 0.2) is 0 Å². The van der Waals surface area contributed by atoms with Crippen LogP contribution < -0.4 is 27.4 Å². The second-order valence-electron chi connectivity index (χ2n) is 5.45. The van der Waals surface area contributed by atoms with Gasteiger partial charge in [-0.05, 0) is 23.6 Å². The largest absolute Gasteiger partial charge is 0.352 e. The minimum absolute atomic E-state index is 0.000354. The Morgan fingerprint density at radius 3 is 2.22 bits per heavy atom. The molecule has 0 aliphatic heterocycles. The van der Waals surface area contributed by atoms with Crippen molar-refractivity contribution < 1.29 is 14.4 Å². The molecule has 1 atom stereocenters. The van der Waals surface area contributed by atoms with Gasteiger partial charge in [-0.25, -0.2) is 4.79 Å². The van der Waals surface area contributed by atoms with Crippen LogP contribution in [0.5, 0.6) is 0 Å². The molecule has 0 radical (unpaired) electrons. The number of amides is 4. The topological polar surface area (TPSA) is 139 Å². The number of rotatable bonds is 7. The van der Waals surface area contributed by atoms with Gasteiger partial charge >= 0.3 is 6.03 Å². The molecule has 23 heavy (non-hydrogen) atoms. The number of anilines is 1. The number of nitrogens with two attached hydrogens (primary N) is 2. The van der Waals surface area contributed by atoms with Crippen LogP contribution >= 0.6 is 0 Å². The third kappa shape index (κ3) is 6.79. The van der Waals surface area contributed by atoms with E-state index in [-0.39, 0.29) is 24.3 Å². The summed E-state index contributed by atoms with van der Waals surface area (Å²) in [6.07, 6.45) is 0. The van der Waals surface area contributed by atoms with E-state index in [1.807, 2.05) is 13.8 Å². The lowest BCUT2D eigenvalue weighted by atomic mass is 10.1. The lowest BCUT2D eigenvalue weighted by Gasteiger charge is -2.15. The van der Waals surface area contributed by atoms with Crippen molar-refractivity contribution in [2.45, 2.75) is 26.4 Å².